The maximum absolute atomic E-state index is 4.69. The summed E-state index contributed by atoms with van der Waals surface area (Å²) in [5.74, 6) is 0. The first-order valence-corrected chi connectivity index (χ1v) is 2.76. The van der Waals surface area contributed by atoms with E-state index in [-0.39, 0.29) is 0 Å². The third kappa shape index (κ3) is 1.28. The summed E-state index contributed by atoms with van der Waals surface area (Å²) in [5.41, 5.74) is 0. The van der Waals surface area contributed by atoms with E-state index in [1.807, 2.05) is 0 Å². The summed E-state index contributed by atoms with van der Waals surface area (Å²) in [6, 6.07) is 1.62. The van der Waals surface area contributed by atoms with Crippen molar-refractivity contribution < 1.29 is 0 Å². The van der Waals surface area contributed by atoms with Gasteiger partial charge in [0.2, 0.25) is 0 Å². The van der Waals surface area contributed by atoms with Crippen molar-refractivity contribution >= 4 is 24.8 Å². The van der Waals surface area contributed by atoms with E-state index in [4.69, 9.17) is 12.2 Å². The van der Waals surface area contributed by atoms with Crippen LogP contribution >= 0.6 is 24.8 Å². The van der Waals surface area contributed by atoms with Crippen molar-refractivity contribution in [3.8, 4) is 0 Å². The number of aromatic nitrogens is 3. The van der Waals surface area contributed by atoms with Crippen molar-refractivity contribution in [2.24, 2.45) is 0 Å². The first-order chi connectivity index (χ1) is 3.79. The molecule has 0 saturated carbocycles. The van der Waals surface area contributed by atoms with Gasteiger partial charge in [-0.3, -0.25) is 0 Å². The Morgan fingerprint density at radius 1 is 1.75 bits per heavy atom. The van der Waals surface area contributed by atoms with E-state index in [0.29, 0.717) is 9.67 Å². The zero-order valence-corrected chi connectivity index (χ0v) is 5.54. The Bertz CT molecular complexity index is 230. The second-order valence-corrected chi connectivity index (χ2v) is 2.08. The number of nitrogens with zero attached hydrogens (tertiary/aromatic N) is 2. The Morgan fingerprint density at radius 2 is 2.50 bits per heavy atom. The van der Waals surface area contributed by atoms with Gasteiger partial charge in [-0.05, 0) is 0 Å². The minimum Gasteiger partial charge on any atom is -0.249 e. The molecular weight excluding hydrogens is 142 g/mol. The van der Waals surface area contributed by atoms with E-state index < -0.39 is 0 Å². The first kappa shape index (κ1) is 5.71. The molecule has 5 heteroatoms. The highest BCUT2D eigenvalue weighted by Gasteiger charge is 1.81. The van der Waals surface area contributed by atoms with Crippen LogP contribution in [0.1, 0.15) is 0 Å². The van der Waals surface area contributed by atoms with Crippen molar-refractivity contribution in [1.82, 2.24) is 15.4 Å². The lowest BCUT2D eigenvalue weighted by Gasteiger charge is -1.82. The predicted octanol–water partition coefficient (Wildman–Crippen LogP) is 0.823. The zero-order valence-electron chi connectivity index (χ0n) is 3.83. The summed E-state index contributed by atoms with van der Waals surface area (Å²) in [7, 11) is 0. The normalized spacial score (nSPS) is 9.12. The van der Waals surface area contributed by atoms with Crippen LogP contribution in [-0.4, -0.2) is 15.4 Å². The molecular formula is C3H3N3S2. The first-order valence-electron chi connectivity index (χ1n) is 1.90. The third-order valence-electron chi connectivity index (χ3n) is 0.573. The molecule has 0 saturated heterocycles. The van der Waals surface area contributed by atoms with Crippen molar-refractivity contribution in [1.29, 1.82) is 0 Å². The molecule has 1 aromatic heterocycles. The SMILES string of the molecule is S=c1cc(S)nn[nH]1. The van der Waals surface area contributed by atoms with Gasteiger partial charge in [0, 0.05) is 6.07 Å². The second kappa shape index (κ2) is 2.23. The Labute approximate surface area is 56.5 Å². The predicted molar refractivity (Wildman–Crippen MR) is 34.5 cm³/mol. The maximum atomic E-state index is 4.69. The van der Waals surface area contributed by atoms with Crippen LogP contribution < -0.4 is 0 Å². The summed E-state index contributed by atoms with van der Waals surface area (Å²) in [4.78, 5) is 0. The molecule has 1 rings (SSSR count). The fourth-order valence-electron chi connectivity index (χ4n) is 0.304. The molecule has 42 valence electrons. The Morgan fingerprint density at radius 3 is 2.88 bits per heavy atom. The molecule has 8 heavy (non-hydrogen) atoms. The van der Waals surface area contributed by atoms with E-state index >= 15 is 0 Å². The van der Waals surface area contributed by atoms with Crippen LogP contribution in [0.2, 0.25) is 0 Å². The molecule has 0 unspecified atom stereocenters. The third-order valence-corrected chi connectivity index (χ3v) is 1.00. The summed E-state index contributed by atoms with van der Waals surface area (Å²) in [6.45, 7) is 0. The van der Waals surface area contributed by atoms with Crippen molar-refractivity contribution in [2.75, 3.05) is 0 Å². The van der Waals surface area contributed by atoms with Gasteiger partial charge in [-0.25, -0.2) is 5.10 Å². The van der Waals surface area contributed by atoms with Gasteiger partial charge in [0.15, 0.2) is 0 Å². The number of hydrogen-bond acceptors (Lipinski definition) is 4. The molecule has 0 bridgehead atoms. The van der Waals surface area contributed by atoms with Crippen LogP contribution in [0.4, 0.5) is 0 Å². The number of rotatable bonds is 0. The smallest absolute Gasteiger partial charge is 0.123 e. The molecule has 1 heterocycles. The Hall–Kier alpha value is -0.420. The quantitative estimate of drug-likeness (QED) is 0.419. The topological polar surface area (TPSA) is 41.6 Å². The number of aromatic amines is 1. The highest BCUT2D eigenvalue weighted by atomic mass is 32.1. The molecule has 3 nitrogen and oxygen atoms in total. The molecule has 0 aliphatic carbocycles. The highest BCUT2D eigenvalue weighted by molar-refractivity contribution is 7.80. The van der Waals surface area contributed by atoms with Gasteiger partial charge < -0.3 is 0 Å². The van der Waals surface area contributed by atoms with E-state index in [2.05, 4.69) is 28.0 Å². The molecule has 0 fully saturated rings. The number of nitrogens with one attached hydrogen (secondary N) is 1. The zero-order chi connectivity index (χ0) is 5.98. The number of hydrogen-bond donors (Lipinski definition) is 2. The molecule has 1 N–H and O–H groups in total. The molecule has 0 aliphatic rings. The molecule has 0 radical (unpaired) electrons. The molecule has 0 amide bonds. The summed E-state index contributed by atoms with van der Waals surface area (Å²) >= 11 is 8.59. The largest absolute Gasteiger partial charge is 0.249 e. The summed E-state index contributed by atoms with van der Waals surface area (Å²) in [5, 5.41) is 9.97. The Kier molecular flexibility index (Phi) is 1.59. The van der Waals surface area contributed by atoms with Crippen LogP contribution in [0.5, 0.6) is 0 Å². The second-order valence-electron chi connectivity index (χ2n) is 1.18. The van der Waals surface area contributed by atoms with Gasteiger partial charge in [0.25, 0.3) is 0 Å². The van der Waals surface area contributed by atoms with Gasteiger partial charge in [-0.15, -0.1) is 17.7 Å². The van der Waals surface area contributed by atoms with Crippen LogP contribution in [0.3, 0.4) is 0 Å². The highest BCUT2D eigenvalue weighted by Crippen LogP contribution is 1.94. The number of thiol groups is 1. The van der Waals surface area contributed by atoms with E-state index in [0.717, 1.165) is 0 Å². The van der Waals surface area contributed by atoms with Crippen molar-refractivity contribution in [3.05, 3.63) is 10.7 Å². The van der Waals surface area contributed by atoms with Gasteiger partial charge >= 0.3 is 0 Å². The van der Waals surface area contributed by atoms with Gasteiger partial charge in [-0.1, -0.05) is 17.4 Å². The fraction of sp³-hybridized carbons (Fsp3) is 0. The average molecular weight is 145 g/mol. The van der Waals surface area contributed by atoms with E-state index in [9.17, 15) is 0 Å². The van der Waals surface area contributed by atoms with Crippen LogP contribution in [0.25, 0.3) is 0 Å². The summed E-state index contributed by atoms with van der Waals surface area (Å²) in [6.07, 6.45) is 0. The maximum Gasteiger partial charge on any atom is 0.123 e. The van der Waals surface area contributed by atoms with Crippen molar-refractivity contribution in [3.63, 3.8) is 0 Å². The van der Waals surface area contributed by atoms with Crippen LogP contribution in [0.15, 0.2) is 11.1 Å². The van der Waals surface area contributed by atoms with Gasteiger partial charge in [0.05, 0.1) is 0 Å². The molecule has 0 aromatic carbocycles. The van der Waals surface area contributed by atoms with Gasteiger partial charge in [0.1, 0.15) is 9.67 Å². The average Bonchev–Trinajstić information content (AvgIpc) is 1.64. The molecule has 1 aromatic rings. The summed E-state index contributed by atoms with van der Waals surface area (Å²) < 4.78 is 0.546. The minimum atomic E-state index is 0.536. The Balaban J connectivity index is 3.28. The monoisotopic (exact) mass is 145 g/mol. The van der Waals surface area contributed by atoms with Crippen molar-refractivity contribution in [2.45, 2.75) is 5.03 Å². The van der Waals surface area contributed by atoms with E-state index in [1.54, 1.807) is 6.07 Å². The van der Waals surface area contributed by atoms with Crippen LogP contribution in [0, 0.1) is 4.64 Å². The van der Waals surface area contributed by atoms with E-state index in [1.165, 1.54) is 0 Å². The molecule has 0 atom stereocenters. The fourth-order valence-corrected chi connectivity index (χ4v) is 0.718. The lowest BCUT2D eigenvalue weighted by atomic mass is 10.7. The van der Waals surface area contributed by atoms with Crippen LogP contribution in [-0.2, 0) is 0 Å². The van der Waals surface area contributed by atoms with Gasteiger partial charge in [-0.2, -0.15) is 0 Å². The lowest BCUT2D eigenvalue weighted by Crippen LogP contribution is -1.85. The standard InChI is InChI=1S/C3H3N3S2/c7-2-1-3(8)5-6-4-2/h1H,(H2,4,5,7,8). The molecule has 0 aliphatic heterocycles. The minimum absolute atomic E-state index is 0.536. The number of H-pyrrole nitrogens is 1. The molecule has 0 spiro atoms. The lowest BCUT2D eigenvalue weighted by molar-refractivity contribution is 0.798.